The van der Waals surface area contributed by atoms with E-state index in [0.717, 1.165) is 68.9 Å². The zero-order chi connectivity index (χ0) is 28.5. The van der Waals surface area contributed by atoms with Gasteiger partial charge < -0.3 is 28.4 Å². The number of hydrogen-bond acceptors (Lipinski definition) is 6. The molecule has 0 spiro atoms. The first-order valence-electron chi connectivity index (χ1n) is 14.6. The summed E-state index contributed by atoms with van der Waals surface area (Å²) in [4.78, 5) is 0. The van der Waals surface area contributed by atoms with Crippen molar-refractivity contribution in [2.75, 3.05) is 26.4 Å². The molecule has 0 N–H and O–H groups in total. The summed E-state index contributed by atoms with van der Waals surface area (Å²) in [7, 11) is 0. The summed E-state index contributed by atoms with van der Waals surface area (Å²) in [6, 6.07) is 33.0. The van der Waals surface area contributed by atoms with Gasteiger partial charge in [-0.15, -0.1) is 0 Å². The van der Waals surface area contributed by atoms with Crippen molar-refractivity contribution in [2.45, 2.75) is 38.3 Å². The molecule has 2 heterocycles. The highest BCUT2D eigenvalue weighted by Crippen LogP contribution is 2.31. The second-order valence-electron chi connectivity index (χ2n) is 11.1. The van der Waals surface area contributed by atoms with Gasteiger partial charge in [-0.1, -0.05) is 48.5 Å². The number of benzene rings is 5. The number of hydrogen-bond donors (Lipinski definition) is 0. The van der Waals surface area contributed by atoms with Gasteiger partial charge in [-0.25, -0.2) is 0 Å². The molecule has 4 unspecified atom stereocenters. The standard InChI is InChI=1S/C36H34O6/c1-23(41-33-13-9-27-15-31(11-7-29(27)17-33)37-19-35-21-39-35)25-3-5-26(6-4-25)24(2)42-34-14-10-28-16-32(12-8-30(28)18-34)38-20-36-22-40-36/h3-18,23-24,35-36H,19-22H2,1-2H3. The van der Waals surface area contributed by atoms with E-state index in [2.05, 4.69) is 86.6 Å². The quantitative estimate of drug-likeness (QED) is 0.144. The van der Waals surface area contributed by atoms with E-state index in [4.69, 9.17) is 28.4 Å². The first-order valence-corrected chi connectivity index (χ1v) is 14.6. The van der Waals surface area contributed by atoms with Gasteiger partial charge in [0.05, 0.1) is 13.2 Å². The van der Waals surface area contributed by atoms with Gasteiger partial charge in [-0.3, -0.25) is 0 Å². The molecule has 5 aromatic carbocycles. The summed E-state index contributed by atoms with van der Waals surface area (Å²) in [5.41, 5.74) is 2.21. The Balaban J connectivity index is 0.957. The molecule has 0 bridgehead atoms. The highest BCUT2D eigenvalue weighted by atomic mass is 16.6. The molecule has 0 saturated carbocycles. The molecule has 0 aromatic heterocycles. The highest BCUT2D eigenvalue weighted by Gasteiger charge is 2.23. The van der Waals surface area contributed by atoms with Crippen LogP contribution in [0.2, 0.25) is 0 Å². The molecule has 0 amide bonds. The van der Waals surface area contributed by atoms with Crippen LogP contribution in [0.4, 0.5) is 0 Å². The Morgan fingerprint density at radius 1 is 0.524 bits per heavy atom. The van der Waals surface area contributed by atoms with Gasteiger partial charge in [0.15, 0.2) is 0 Å². The second kappa shape index (κ2) is 11.6. The third kappa shape index (κ3) is 6.46. The molecule has 42 heavy (non-hydrogen) atoms. The molecular weight excluding hydrogens is 528 g/mol. The molecule has 7 rings (SSSR count). The highest BCUT2D eigenvalue weighted by molar-refractivity contribution is 5.86. The van der Waals surface area contributed by atoms with Crippen LogP contribution in [0.25, 0.3) is 21.5 Å². The van der Waals surface area contributed by atoms with Crippen LogP contribution >= 0.6 is 0 Å². The lowest BCUT2D eigenvalue weighted by Gasteiger charge is -2.19. The van der Waals surface area contributed by atoms with Crippen LogP contribution in [0.1, 0.15) is 37.2 Å². The van der Waals surface area contributed by atoms with Crippen LogP contribution in [-0.4, -0.2) is 38.6 Å². The maximum Gasteiger partial charge on any atom is 0.121 e. The first kappa shape index (κ1) is 26.6. The third-order valence-electron chi connectivity index (χ3n) is 7.74. The van der Waals surface area contributed by atoms with Gasteiger partial charge in [-0.05, 0) is 95.1 Å². The van der Waals surface area contributed by atoms with Gasteiger partial charge in [-0.2, -0.15) is 0 Å². The van der Waals surface area contributed by atoms with Crippen LogP contribution in [-0.2, 0) is 9.47 Å². The Morgan fingerprint density at radius 2 is 0.857 bits per heavy atom. The summed E-state index contributed by atoms with van der Waals surface area (Å²) in [6.45, 7) is 6.93. The van der Waals surface area contributed by atoms with E-state index in [1.54, 1.807) is 0 Å². The number of fused-ring (bicyclic) bond motifs is 2. The lowest BCUT2D eigenvalue weighted by atomic mass is 10.0. The fourth-order valence-corrected chi connectivity index (χ4v) is 5.02. The zero-order valence-electron chi connectivity index (χ0n) is 23.8. The Kier molecular flexibility index (Phi) is 7.32. The van der Waals surface area contributed by atoms with Gasteiger partial charge in [0.1, 0.15) is 60.6 Å². The van der Waals surface area contributed by atoms with Crippen LogP contribution in [0.15, 0.2) is 97.1 Å². The molecule has 214 valence electrons. The smallest absolute Gasteiger partial charge is 0.121 e. The largest absolute Gasteiger partial charge is 0.491 e. The maximum absolute atomic E-state index is 6.31. The van der Waals surface area contributed by atoms with Gasteiger partial charge in [0.2, 0.25) is 0 Å². The van der Waals surface area contributed by atoms with Crippen molar-refractivity contribution in [1.29, 1.82) is 0 Å². The molecule has 6 nitrogen and oxygen atoms in total. The van der Waals surface area contributed by atoms with E-state index in [9.17, 15) is 0 Å². The summed E-state index contributed by atoms with van der Waals surface area (Å²) in [5.74, 6) is 3.39. The van der Waals surface area contributed by atoms with Gasteiger partial charge in [0.25, 0.3) is 0 Å². The number of ether oxygens (including phenoxy) is 6. The van der Waals surface area contributed by atoms with Crippen LogP contribution in [0.5, 0.6) is 23.0 Å². The normalized spacial score (nSPS) is 18.8. The van der Waals surface area contributed by atoms with Crippen molar-refractivity contribution in [3.05, 3.63) is 108 Å². The zero-order valence-corrected chi connectivity index (χ0v) is 23.8. The van der Waals surface area contributed by atoms with Crippen molar-refractivity contribution < 1.29 is 28.4 Å². The topological polar surface area (TPSA) is 62.0 Å². The average Bonchev–Trinajstić information content (AvgIpc) is 3.95. The Morgan fingerprint density at radius 3 is 1.21 bits per heavy atom. The molecule has 2 fully saturated rings. The van der Waals surface area contributed by atoms with E-state index in [-0.39, 0.29) is 24.4 Å². The van der Waals surface area contributed by atoms with E-state index < -0.39 is 0 Å². The lowest BCUT2D eigenvalue weighted by molar-refractivity contribution is 0.223. The van der Waals surface area contributed by atoms with Crippen molar-refractivity contribution in [3.63, 3.8) is 0 Å². The third-order valence-corrected chi connectivity index (χ3v) is 7.74. The molecule has 5 aromatic rings. The summed E-state index contributed by atoms with van der Waals surface area (Å²) in [6.07, 6.45) is 0.297. The van der Waals surface area contributed by atoms with Gasteiger partial charge >= 0.3 is 0 Å². The lowest BCUT2D eigenvalue weighted by Crippen LogP contribution is -2.06. The van der Waals surface area contributed by atoms with E-state index in [1.807, 2.05) is 24.3 Å². The average molecular weight is 563 g/mol. The minimum atomic E-state index is -0.0972. The predicted octanol–water partition coefficient (Wildman–Crippen LogP) is 7.83. The summed E-state index contributed by atoms with van der Waals surface area (Å²) < 4.78 is 34.7. The number of rotatable bonds is 12. The van der Waals surface area contributed by atoms with Crippen LogP contribution in [0.3, 0.4) is 0 Å². The summed E-state index contributed by atoms with van der Waals surface area (Å²) in [5, 5.41) is 4.46. The number of epoxide rings is 2. The fraction of sp³-hybridized carbons (Fsp3) is 0.278. The minimum absolute atomic E-state index is 0.0972. The Labute approximate surface area is 245 Å². The van der Waals surface area contributed by atoms with E-state index >= 15 is 0 Å². The van der Waals surface area contributed by atoms with E-state index in [0.29, 0.717) is 13.2 Å². The van der Waals surface area contributed by atoms with Crippen molar-refractivity contribution >= 4 is 21.5 Å². The molecule has 2 aliphatic heterocycles. The van der Waals surface area contributed by atoms with Gasteiger partial charge in [0, 0.05) is 0 Å². The molecule has 2 aliphatic rings. The minimum Gasteiger partial charge on any atom is -0.491 e. The monoisotopic (exact) mass is 562 g/mol. The van der Waals surface area contributed by atoms with Crippen molar-refractivity contribution in [1.82, 2.24) is 0 Å². The fourth-order valence-electron chi connectivity index (χ4n) is 5.02. The Hall–Kier alpha value is -4.26. The molecule has 4 atom stereocenters. The predicted molar refractivity (Wildman–Crippen MR) is 163 cm³/mol. The van der Waals surface area contributed by atoms with Crippen molar-refractivity contribution in [3.8, 4) is 23.0 Å². The molecule has 0 aliphatic carbocycles. The molecule has 0 radical (unpaired) electrons. The molecule has 2 saturated heterocycles. The second-order valence-corrected chi connectivity index (χ2v) is 11.1. The molecule has 6 heteroatoms. The maximum atomic E-state index is 6.31. The van der Waals surface area contributed by atoms with Crippen LogP contribution in [0, 0.1) is 0 Å². The summed E-state index contributed by atoms with van der Waals surface area (Å²) >= 11 is 0. The van der Waals surface area contributed by atoms with Crippen LogP contribution < -0.4 is 18.9 Å². The SMILES string of the molecule is CC(Oc1ccc2cc(OCC3CO3)ccc2c1)c1ccc(C(C)Oc2ccc3cc(OCC4CO4)ccc3c2)cc1. The first-order chi connectivity index (χ1) is 20.6. The molecular formula is C36H34O6. The Bertz CT molecular complexity index is 1560. The van der Waals surface area contributed by atoms with Crippen molar-refractivity contribution in [2.24, 2.45) is 0 Å². The van der Waals surface area contributed by atoms with E-state index in [1.165, 1.54) is 0 Å².